The van der Waals surface area contributed by atoms with Crippen LogP contribution in [0.15, 0.2) is 63.8 Å². The Labute approximate surface area is 193 Å². The number of fused-ring (bicyclic) bond motifs is 2. The molecule has 4 rings (SSSR count). The lowest BCUT2D eigenvalue weighted by Crippen LogP contribution is -2.47. The van der Waals surface area contributed by atoms with Crippen LogP contribution in [0.3, 0.4) is 0 Å². The van der Waals surface area contributed by atoms with Crippen LogP contribution in [0.2, 0.25) is 10.0 Å². The topological polar surface area (TPSA) is 106 Å². The number of aliphatic hydroxyl groups is 2. The van der Waals surface area contributed by atoms with Crippen LogP contribution >= 0.6 is 23.2 Å². The van der Waals surface area contributed by atoms with Gasteiger partial charge in [-0.05, 0) is 60.9 Å². The molecule has 6 nitrogen and oxygen atoms in total. The number of hydrogen-bond acceptors (Lipinski definition) is 6. The summed E-state index contributed by atoms with van der Waals surface area (Å²) in [5.74, 6) is 0.960. The zero-order valence-electron chi connectivity index (χ0n) is 17.0. The van der Waals surface area contributed by atoms with Crippen LogP contribution in [0.25, 0.3) is 21.9 Å². The first-order chi connectivity index (χ1) is 15.3. The molecule has 0 amide bonds. The predicted molar refractivity (Wildman–Crippen MR) is 126 cm³/mol. The van der Waals surface area contributed by atoms with Gasteiger partial charge in [-0.3, -0.25) is 4.79 Å². The van der Waals surface area contributed by atoms with Gasteiger partial charge in [0.2, 0.25) is 5.43 Å². The Morgan fingerprint density at radius 2 is 1.59 bits per heavy atom. The Hall–Kier alpha value is -2.61. The number of hydrogen-bond donors (Lipinski definition) is 3. The third kappa shape index (κ3) is 4.60. The first-order valence-electron chi connectivity index (χ1n) is 9.95. The molecule has 0 unspecified atom stereocenters. The Morgan fingerprint density at radius 1 is 0.875 bits per heavy atom. The van der Waals surface area contributed by atoms with Crippen molar-refractivity contribution >= 4 is 45.1 Å². The van der Waals surface area contributed by atoms with E-state index in [1.807, 2.05) is 6.07 Å². The van der Waals surface area contributed by atoms with E-state index in [0.717, 1.165) is 5.56 Å². The minimum atomic E-state index is -1.05. The molecule has 1 aromatic heterocycles. The van der Waals surface area contributed by atoms with E-state index in [9.17, 15) is 15.0 Å². The second-order valence-electron chi connectivity index (χ2n) is 7.78. The van der Waals surface area contributed by atoms with E-state index >= 15 is 0 Å². The van der Waals surface area contributed by atoms with Gasteiger partial charge in [-0.2, -0.15) is 0 Å². The fourth-order valence-electron chi connectivity index (χ4n) is 3.37. The van der Waals surface area contributed by atoms with Crippen molar-refractivity contribution in [2.24, 2.45) is 5.73 Å². The molecule has 0 atom stereocenters. The molecule has 0 fully saturated rings. The molecule has 0 aliphatic rings. The summed E-state index contributed by atoms with van der Waals surface area (Å²) < 4.78 is 11.8. The average molecular weight is 474 g/mol. The molecule has 4 N–H and O–H groups in total. The van der Waals surface area contributed by atoms with Crippen molar-refractivity contribution in [3.63, 3.8) is 0 Å². The van der Waals surface area contributed by atoms with Crippen LogP contribution in [0, 0.1) is 0 Å². The van der Waals surface area contributed by atoms with Crippen LogP contribution < -0.4 is 15.9 Å². The highest BCUT2D eigenvalue weighted by Crippen LogP contribution is 2.31. The monoisotopic (exact) mass is 473 g/mol. The molecule has 0 saturated heterocycles. The van der Waals surface area contributed by atoms with E-state index < -0.39 is 5.54 Å². The number of halogens is 2. The molecule has 3 aromatic carbocycles. The van der Waals surface area contributed by atoms with Gasteiger partial charge < -0.3 is 25.1 Å². The molecule has 32 heavy (non-hydrogen) atoms. The fraction of sp³-hybridized carbons (Fsp3) is 0.208. The van der Waals surface area contributed by atoms with E-state index in [2.05, 4.69) is 0 Å². The van der Waals surface area contributed by atoms with Gasteiger partial charge in [-0.25, -0.2) is 0 Å². The largest absolute Gasteiger partial charge is 0.457 e. The van der Waals surface area contributed by atoms with Gasteiger partial charge in [0.25, 0.3) is 0 Å². The summed E-state index contributed by atoms with van der Waals surface area (Å²) >= 11 is 12.0. The molecule has 0 bridgehead atoms. The Balaban J connectivity index is 1.66. The molecule has 0 aliphatic heterocycles. The maximum absolute atomic E-state index is 13.1. The summed E-state index contributed by atoms with van der Waals surface area (Å²) in [5.41, 5.74) is 6.48. The van der Waals surface area contributed by atoms with Crippen molar-refractivity contribution in [3.05, 3.63) is 80.4 Å². The maximum atomic E-state index is 13.1. The molecular weight excluding hydrogens is 453 g/mol. The number of benzene rings is 3. The molecule has 1 heterocycles. The highest BCUT2D eigenvalue weighted by atomic mass is 35.5. The molecule has 8 heteroatoms. The first kappa shape index (κ1) is 22.6. The summed E-state index contributed by atoms with van der Waals surface area (Å²) in [7, 11) is 0. The van der Waals surface area contributed by atoms with Crippen molar-refractivity contribution in [2.45, 2.75) is 18.4 Å². The standard InChI is InChI=1S/C24H21Cl2NO5/c25-19-5-2-16(11-20(19)26)31-15-3-6-21-18(10-15)23(30)17-4-1-14(9-22(17)32-21)7-8-24(27,12-28)13-29/h1-6,9-11,28-29H,7-8,12-13,27H2. The van der Waals surface area contributed by atoms with E-state index in [1.54, 1.807) is 48.5 Å². The van der Waals surface area contributed by atoms with Crippen molar-refractivity contribution < 1.29 is 19.4 Å². The van der Waals surface area contributed by atoms with Gasteiger partial charge in [-0.1, -0.05) is 29.3 Å². The highest BCUT2D eigenvalue weighted by Gasteiger charge is 2.22. The molecule has 0 spiro atoms. The van der Waals surface area contributed by atoms with Crippen LogP contribution in [0.1, 0.15) is 12.0 Å². The second kappa shape index (κ2) is 9.10. The van der Waals surface area contributed by atoms with Crippen molar-refractivity contribution in [1.29, 1.82) is 0 Å². The predicted octanol–water partition coefficient (Wildman–Crippen LogP) is 4.66. The Kier molecular flexibility index (Phi) is 6.42. The van der Waals surface area contributed by atoms with E-state index in [1.165, 1.54) is 0 Å². The lowest BCUT2D eigenvalue weighted by Gasteiger charge is -2.24. The molecule has 0 aliphatic carbocycles. The van der Waals surface area contributed by atoms with Gasteiger partial charge in [0.15, 0.2) is 0 Å². The maximum Gasteiger partial charge on any atom is 0.200 e. The Bertz CT molecular complexity index is 1350. The minimum absolute atomic E-state index is 0.175. The van der Waals surface area contributed by atoms with Crippen LogP contribution in [-0.4, -0.2) is 29.0 Å². The number of nitrogens with two attached hydrogens (primary N) is 1. The van der Waals surface area contributed by atoms with Crippen molar-refractivity contribution in [1.82, 2.24) is 0 Å². The first-order valence-corrected chi connectivity index (χ1v) is 10.7. The molecule has 0 saturated carbocycles. The molecular formula is C24H21Cl2NO5. The fourth-order valence-corrected chi connectivity index (χ4v) is 3.66. The second-order valence-corrected chi connectivity index (χ2v) is 8.59. The summed E-state index contributed by atoms with van der Waals surface area (Å²) in [4.78, 5) is 13.1. The van der Waals surface area contributed by atoms with Gasteiger partial charge in [-0.15, -0.1) is 0 Å². The molecule has 4 aromatic rings. The van der Waals surface area contributed by atoms with Gasteiger partial charge in [0, 0.05) is 6.07 Å². The Morgan fingerprint density at radius 3 is 2.31 bits per heavy atom. The van der Waals surface area contributed by atoms with Gasteiger partial charge in [0.1, 0.15) is 22.7 Å². The number of aryl methyl sites for hydroxylation is 1. The lowest BCUT2D eigenvalue weighted by atomic mass is 9.93. The number of ether oxygens (including phenoxy) is 1. The minimum Gasteiger partial charge on any atom is -0.457 e. The zero-order valence-corrected chi connectivity index (χ0v) is 18.5. The summed E-state index contributed by atoms with van der Waals surface area (Å²) in [6, 6.07) is 15.2. The van der Waals surface area contributed by atoms with Crippen LogP contribution in [0.5, 0.6) is 11.5 Å². The lowest BCUT2D eigenvalue weighted by molar-refractivity contribution is 0.115. The van der Waals surface area contributed by atoms with E-state index in [-0.39, 0.29) is 18.6 Å². The average Bonchev–Trinajstić information content (AvgIpc) is 2.80. The van der Waals surface area contributed by atoms with Gasteiger partial charge in [0.05, 0.1) is 39.6 Å². The summed E-state index contributed by atoms with van der Waals surface area (Å²) in [5, 5.41) is 20.4. The van der Waals surface area contributed by atoms with Crippen molar-refractivity contribution in [2.75, 3.05) is 13.2 Å². The number of rotatable bonds is 7. The van der Waals surface area contributed by atoms with Crippen LogP contribution in [0.4, 0.5) is 0 Å². The number of aliphatic hydroxyl groups excluding tert-OH is 2. The molecule has 0 radical (unpaired) electrons. The van der Waals surface area contributed by atoms with Crippen molar-refractivity contribution in [3.8, 4) is 11.5 Å². The smallest absolute Gasteiger partial charge is 0.200 e. The normalized spacial score (nSPS) is 11.9. The summed E-state index contributed by atoms with van der Waals surface area (Å²) in [6.07, 6.45) is 0.907. The molecule has 166 valence electrons. The SMILES string of the molecule is NC(CO)(CO)CCc1ccc2c(=O)c3cc(Oc4ccc(Cl)c(Cl)c4)ccc3oc2c1. The third-order valence-electron chi connectivity index (χ3n) is 5.37. The van der Waals surface area contributed by atoms with Crippen LogP contribution in [-0.2, 0) is 6.42 Å². The quantitative estimate of drug-likeness (QED) is 0.337. The third-order valence-corrected chi connectivity index (χ3v) is 6.11. The van der Waals surface area contributed by atoms with Gasteiger partial charge >= 0.3 is 0 Å². The highest BCUT2D eigenvalue weighted by molar-refractivity contribution is 6.42. The van der Waals surface area contributed by atoms with E-state index in [4.69, 9.17) is 38.1 Å². The van der Waals surface area contributed by atoms with E-state index in [0.29, 0.717) is 56.3 Å². The summed E-state index contributed by atoms with van der Waals surface area (Å²) in [6.45, 7) is -0.632. The zero-order chi connectivity index (χ0) is 22.9.